The third-order valence-corrected chi connectivity index (χ3v) is 12.2. The molecule has 4 rings (SSSR count). The number of benzene rings is 2. The Bertz CT molecular complexity index is 2320. The summed E-state index contributed by atoms with van der Waals surface area (Å²) in [5, 5.41) is 9.75. The second-order valence-electron chi connectivity index (χ2n) is 15.0. The van der Waals surface area contributed by atoms with Crippen molar-refractivity contribution in [2.75, 3.05) is 69.1 Å². The molecule has 1 aliphatic carbocycles. The van der Waals surface area contributed by atoms with Gasteiger partial charge in [0.15, 0.2) is 0 Å². The first-order chi connectivity index (χ1) is 26.6. The van der Waals surface area contributed by atoms with Crippen LogP contribution in [0.5, 0.6) is 0 Å². The summed E-state index contributed by atoms with van der Waals surface area (Å²) in [6, 6.07) is 11.8. The van der Waals surface area contributed by atoms with E-state index in [-0.39, 0.29) is 123 Å². The summed E-state index contributed by atoms with van der Waals surface area (Å²) in [7, 11) is -13.8. The molecule has 0 saturated heterocycles. The number of aliphatic hydroxyl groups excluding tert-OH is 1. The van der Waals surface area contributed by atoms with E-state index in [1.807, 2.05) is 40.7 Å². The van der Waals surface area contributed by atoms with Crippen LogP contribution in [0.2, 0.25) is 0 Å². The van der Waals surface area contributed by atoms with Gasteiger partial charge >= 0.3 is 59.1 Å². The van der Waals surface area contributed by atoms with Gasteiger partial charge in [0, 0.05) is 52.9 Å². The number of ether oxygens (including phenoxy) is 2. The van der Waals surface area contributed by atoms with Crippen LogP contribution in [0.1, 0.15) is 70.8 Å². The van der Waals surface area contributed by atoms with Gasteiger partial charge in [-0.05, 0) is 85.7 Å². The normalized spacial score (nSPS) is 17.3. The van der Waals surface area contributed by atoms with Gasteiger partial charge in [-0.25, -0.2) is 29.8 Å². The number of anilines is 1. The Labute approximate surface area is 392 Å². The van der Waals surface area contributed by atoms with Crippen molar-refractivity contribution >= 4 is 42.1 Å². The first-order valence-corrected chi connectivity index (χ1v) is 23.2. The zero-order valence-electron chi connectivity index (χ0n) is 34.9. The Morgan fingerprint density at radius 2 is 1.53 bits per heavy atom. The predicted octanol–water partition coefficient (Wildman–Crippen LogP) is -2.65. The minimum absolute atomic E-state index is 0. The smallest absolute Gasteiger partial charge is 0.748 e. The zero-order valence-corrected chi connectivity index (χ0v) is 41.4. The molecular formula is C39H52N2Na2O13S3. The van der Waals surface area contributed by atoms with Crippen LogP contribution in [0.4, 0.5) is 5.69 Å². The number of allylic oxidation sites excluding steroid dienone is 3. The van der Waals surface area contributed by atoms with E-state index in [1.165, 1.54) is 18.2 Å². The quantitative estimate of drug-likeness (QED) is 0.0529. The Balaban J connectivity index is 0.00000600. The van der Waals surface area contributed by atoms with Crippen LogP contribution < -0.4 is 73.9 Å². The molecule has 20 heteroatoms. The number of aliphatic hydroxyl groups is 1. The van der Waals surface area contributed by atoms with Crippen LogP contribution in [-0.2, 0) is 50.7 Å². The topological polar surface area (TPSA) is 230 Å². The fourth-order valence-corrected chi connectivity index (χ4v) is 8.54. The summed E-state index contributed by atoms with van der Waals surface area (Å²) in [5.41, 5.74) is 2.21. The molecule has 0 aromatic heterocycles. The van der Waals surface area contributed by atoms with Crippen LogP contribution in [0, 0.1) is 0 Å². The molecule has 1 unspecified atom stereocenters. The number of hydrogen-bond acceptors (Lipinski definition) is 14. The molecule has 1 aromatic carbocycles. The fourth-order valence-electron chi connectivity index (χ4n) is 7.07. The van der Waals surface area contributed by atoms with Gasteiger partial charge < -0.3 is 37.6 Å². The number of rotatable bonds is 20. The fraction of sp³-hybridized carbons (Fsp3) is 0.513. The molecule has 0 spiro atoms. The minimum Gasteiger partial charge on any atom is -0.748 e. The van der Waals surface area contributed by atoms with Crippen LogP contribution in [0.25, 0.3) is 17.4 Å². The van der Waals surface area contributed by atoms with E-state index in [4.69, 9.17) is 19.0 Å². The Kier molecular flexibility index (Phi) is 20.7. The second-order valence-corrected chi connectivity index (χ2v) is 19.5. The molecule has 0 bridgehead atoms. The van der Waals surface area contributed by atoms with Crippen molar-refractivity contribution in [1.82, 2.24) is 4.58 Å². The van der Waals surface area contributed by atoms with Crippen molar-refractivity contribution in [3.8, 4) is 11.3 Å². The van der Waals surface area contributed by atoms with E-state index in [9.17, 15) is 38.9 Å². The summed E-state index contributed by atoms with van der Waals surface area (Å²) >= 11 is 0. The monoisotopic (exact) mass is 898 g/mol. The van der Waals surface area contributed by atoms with Gasteiger partial charge in [-0.2, -0.15) is 0 Å². The average molecular weight is 899 g/mol. The summed E-state index contributed by atoms with van der Waals surface area (Å²) in [6.07, 6.45) is 5.58. The Morgan fingerprint density at radius 1 is 0.881 bits per heavy atom. The molecular weight excluding hydrogens is 847 g/mol. The van der Waals surface area contributed by atoms with Crippen LogP contribution in [0.15, 0.2) is 69.6 Å². The van der Waals surface area contributed by atoms with Crippen molar-refractivity contribution in [3.05, 3.63) is 82.6 Å². The van der Waals surface area contributed by atoms with E-state index in [1.54, 1.807) is 25.2 Å². The maximum atomic E-state index is 12.1. The van der Waals surface area contributed by atoms with Gasteiger partial charge in [0.25, 0.3) is 0 Å². The van der Waals surface area contributed by atoms with Gasteiger partial charge in [-0.15, -0.1) is 0 Å². The molecule has 59 heavy (non-hydrogen) atoms. The van der Waals surface area contributed by atoms with Crippen molar-refractivity contribution in [2.24, 2.45) is 0 Å². The molecule has 1 N–H and O–H groups in total. The number of hydrogen-bond donors (Lipinski definition) is 1. The molecule has 0 saturated carbocycles. The van der Waals surface area contributed by atoms with E-state index >= 15 is 0 Å². The zero-order chi connectivity index (χ0) is 42.2. The van der Waals surface area contributed by atoms with E-state index < -0.39 is 52.2 Å². The largest absolute Gasteiger partial charge is 1.00 e. The molecule has 3 aliphatic rings. The minimum atomic E-state index is -4.85. The maximum Gasteiger partial charge on any atom is 1.00 e. The number of nitrogens with zero attached hydrogens (tertiary/aromatic N) is 2. The molecule has 1 atom stereocenters. The summed E-state index contributed by atoms with van der Waals surface area (Å²) in [4.78, 5) is 1.46. The van der Waals surface area contributed by atoms with Gasteiger partial charge in [0.2, 0.25) is 5.36 Å². The van der Waals surface area contributed by atoms with Crippen molar-refractivity contribution in [2.45, 2.75) is 69.6 Å². The first-order valence-electron chi connectivity index (χ1n) is 18.6. The molecule has 2 aliphatic heterocycles. The van der Waals surface area contributed by atoms with Crippen molar-refractivity contribution < 1.29 is 117 Å². The van der Waals surface area contributed by atoms with E-state index in [0.717, 1.165) is 16.5 Å². The third-order valence-electron chi connectivity index (χ3n) is 9.80. The molecule has 1 aromatic rings. The van der Waals surface area contributed by atoms with Gasteiger partial charge in [-0.3, -0.25) is 0 Å². The van der Waals surface area contributed by atoms with Crippen molar-refractivity contribution in [3.63, 3.8) is 0 Å². The predicted molar refractivity (Wildman–Crippen MR) is 213 cm³/mol. The standard InChI is InChI=1S/C39H54N2O13S3.2Na/c1-6-40(17-9-25-56(46,47)48)29-12-14-32-33(38(2,3)4)27-30(54-36(32)26-29)10-7-11-37-39(5,16-8-24-55(43,44)45)34-28-31(57(49,50)51)13-15-35(34)41(37)18-20-52-22-23-53-21-19-42;;/h7,10-15,26-28,42H,6,8-9,16-25H2,1-5H3,(H2-,43,44,45,46,47,48,49,50,51);;/q;2*+1/p-2. The molecule has 15 nitrogen and oxygen atoms in total. The van der Waals surface area contributed by atoms with Crippen LogP contribution in [-0.4, -0.2) is 108 Å². The molecule has 316 valence electrons. The first kappa shape index (κ1) is 53.7. The van der Waals surface area contributed by atoms with E-state index in [2.05, 4.69) is 20.8 Å². The molecule has 0 radical (unpaired) electrons. The number of fused-ring (bicyclic) bond motifs is 2. The van der Waals surface area contributed by atoms with E-state index in [0.29, 0.717) is 41.6 Å². The second kappa shape index (κ2) is 22.8. The van der Waals surface area contributed by atoms with Crippen LogP contribution in [0.3, 0.4) is 0 Å². The Morgan fingerprint density at radius 3 is 2.12 bits per heavy atom. The molecule has 0 amide bonds. The summed E-state index contributed by atoms with van der Waals surface area (Å²) in [5.74, 6) is -0.0366. The summed E-state index contributed by atoms with van der Waals surface area (Å²) < 4.78 is 124. The molecule has 0 fully saturated rings. The van der Waals surface area contributed by atoms with Gasteiger partial charge in [-0.1, -0.05) is 26.8 Å². The van der Waals surface area contributed by atoms with Crippen LogP contribution >= 0.6 is 0 Å². The van der Waals surface area contributed by atoms with Crippen molar-refractivity contribution in [1.29, 1.82) is 0 Å². The van der Waals surface area contributed by atoms with Gasteiger partial charge in [0.1, 0.15) is 34.7 Å². The molecule has 2 heterocycles. The Hall–Kier alpha value is -1.46. The third kappa shape index (κ3) is 15.4. The average Bonchev–Trinajstić information content (AvgIpc) is 3.33. The van der Waals surface area contributed by atoms with Gasteiger partial charge in [0.05, 0.1) is 64.2 Å². The maximum absolute atomic E-state index is 12.1. The SMILES string of the molecule is CC[N+](CCCS(=O)(=O)[O-])=c1ccc2c(C(C)(C)C)cc(/C=C/C=C3/N(CCOCCOCCO)c4ccc(S(=O)(=O)[O-])cc4C3(C)CCCS(=O)(=O)[O-])oc-2c1.[Na+].[Na+]. The summed E-state index contributed by atoms with van der Waals surface area (Å²) in [6.45, 7) is 11.9.